The van der Waals surface area contributed by atoms with Crippen LogP contribution in [-0.4, -0.2) is 17.3 Å². The third kappa shape index (κ3) is 2.58. The van der Waals surface area contributed by atoms with Crippen molar-refractivity contribution in [3.63, 3.8) is 0 Å². The van der Waals surface area contributed by atoms with Crippen molar-refractivity contribution in [1.29, 1.82) is 0 Å². The number of amides is 1. The van der Waals surface area contributed by atoms with Gasteiger partial charge in [-0.2, -0.15) is 0 Å². The van der Waals surface area contributed by atoms with Crippen molar-refractivity contribution >= 4 is 29.1 Å². The van der Waals surface area contributed by atoms with Crippen LogP contribution in [0.2, 0.25) is 5.02 Å². The van der Waals surface area contributed by atoms with E-state index in [2.05, 4.69) is 5.32 Å². The van der Waals surface area contributed by atoms with Gasteiger partial charge in [0.05, 0.1) is 16.1 Å². The highest BCUT2D eigenvalue weighted by molar-refractivity contribution is 6.34. The van der Waals surface area contributed by atoms with E-state index in [0.29, 0.717) is 16.5 Å². The fraction of sp³-hybridized carbons (Fsp3) is 0.462. The van der Waals surface area contributed by atoms with Crippen molar-refractivity contribution in [1.82, 2.24) is 5.32 Å². The summed E-state index contributed by atoms with van der Waals surface area (Å²) in [5, 5.41) is 3.49. The number of halogens is 2. The Kier molecular flexibility index (Phi) is 3.64. The van der Waals surface area contributed by atoms with Crippen LogP contribution >= 0.6 is 23.2 Å². The largest absolute Gasteiger partial charge is 0.345 e. The number of alkyl halides is 1. The first kappa shape index (κ1) is 12.7. The van der Waals surface area contributed by atoms with Crippen LogP contribution in [0.5, 0.6) is 0 Å². The summed E-state index contributed by atoms with van der Waals surface area (Å²) in [4.78, 5) is 12.1. The Morgan fingerprint density at radius 2 is 2.18 bits per heavy atom. The van der Waals surface area contributed by atoms with E-state index in [4.69, 9.17) is 23.2 Å². The molecule has 1 aromatic carbocycles. The van der Waals surface area contributed by atoms with E-state index in [1.807, 2.05) is 13.0 Å². The van der Waals surface area contributed by atoms with E-state index in [-0.39, 0.29) is 11.4 Å². The summed E-state index contributed by atoms with van der Waals surface area (Å²) in [7, 11) is 0. The zero-order chi connectivity index (χ0) is 12.5. The Labute approximate surface area is 111 Å². The molecule has 2 nitrogen and oxygen atoms in total. The average molecular weight is 272 g/mol. The molecule has 1 aromatic rings. The van der Waals surface area contributed by atoms with Gasteiger partial charge in [-0.25, -0.2) is 0 Å². The van der Waals surface area contributed by atoms with Gasteiger partial charge in [0, 0.05) is 5.88 Å². The van der Waals surface area contributed by atoms with Gasteiger partial charge >= 0.3 is 0 Å². The predicted molar refractivity (Wildman–Crippen MR) is 71.0 cm³/mol. The van der Waals surface area contributed by atoms with Crippen LogP contribution in [0.4, 0.5) is 0 Å². The van der Waals surface area contributed by atoms with Crippen LogP contribution in [-0.2, 0) is 0 Å². The lowest BCUT2D eigenvalue weighted by Crippen LogP contribution is -2.55. The first-order valence-electron chi connectivity index (χ1n) is 5.71. The number of rotatable bonds is 3. The van der Waals surface area contributed by atoms with Gasteiger partial charge in [0.1, 0.15) is 0 Å². The van der Waals surface area contributed by atoms with E-state index in [0.717, 1.165) is 24.8 Å². The number of carbonyl (C=O) groups excluding carboxylic acids is 1. The third-order valence-electron chi connectivity index (χ3n) is 3.31. The molecule has 0 bridgehead atoms. The SMILES string of the molecule is Cc1ccc(C(=O)NC2(CCl)CCC2)c(Cl)c1. The van der Waals surface area contributed by atoms with Crippen molar-refractivity contribution in [3.8, 4) is 0 Å². The highest BCUT2D eigenvalue weighted by Crippen LogP contribution is 2.33. The molecule has 2 rings (SSSR count). The summed E-state index contributed by atoms with van der Waals surface area (Å²) in [6.07, 6.45) is 3.02. The van der Waals surface area contributed by atoms with Crippen molar-refractivity contribution in [2.75, 3.05) is 5.88 Å². The van der Waals surface area contributed by atoms with Gasteiger partial charge in [0.2, 0.25) is 0 Å². The molecule has 0 heterocycles. The van der Waals surface area contributed by atoms with Crippen molar-refractivity contribution in [2.45, 2.75) is 31.7 Å². The second-order valence-corrected chi connectivity index (χ2v) is 5.38. The molecule has 0 atom stereocenters. The van der Waals surface area contributed by atoms with E-state index in [1.54, 1.807) is 12.1 Å². The molecule has 1 aliphatic carbocycles. The second kappa shape index (κ2) is 4.87. The topological polar surface area (TPSA) is 29.1 Å². The third-order valence-corrected chi connectivity index (χ3v) is 4.14. The van der Waals surface area contributed by atoms with Gasteiger partial charge in [-0.05, 0) is 43.9 Å². The molecule has 4 heteroatoms. The molecule has 0 unspecified atom stereocenters. The van der Waals surface area contributed by atoms with Gasteiger partial charge in [0.25, 0.3) is 5.91 Å². The van der Waals surface area contributed by atoms with Gasteiger partial charge in [-0.15, -0.1) is 11.6 Å². The lowest BCUT2D eigenvalue weighted by Gasteiger charge is -2.41. The Bertz CT molecular complexity index is 436. The van der Waals surface area contributed by atoms with Gasteiger partial charge in [0.15, 0.2) is 0 Å². The molecule has 1 amide bonds. The first-order valence-corrected chi connectivity index (χ1v) is 6.62. The molecule has 17 heavy (non-hydrogen) atoms. The van der Waals surface area contributed by atoms with Crippen molar-refractivity contribution in [3.05, 3.63) is 34.3 Å². The van der Waals surface area contributed by atoms with Gasteiger partial charge in [-0.3, -0.25) is 4.79 Å². The Morgan fingerprint density at radius 3 is 2.65 bits per heavy atom. The molecule has 1 aliphatic rings. The van der Waals surface area contributed by atoms with Gasteiger partial charge < -0.3 is 5.32 Å². The normalized spacial score (nSPS) is 17.4. The highest BCUT2D eigenvalue weighted by Gasteiger charge is 2.37. The van der Waals surface area contributed by atoms with Crippen molar-refractivity contribution < 1.29 is 4.79 Å². The van der Waals surface area contributed by atoms with Crippen LogP contribution in [0.25, 0.3) is 0 Å². The van der Waals surface area contributed by atoms with E-state index in [1.165, 1.54) is 0 Å². The van der Waals surface area contributed by atoms with Crippen LogP contribution < -0.4 is 5.32 Å². The Hall–Kier alpha value is -0.730. The smallest absolute Gasteiger partial charge is 0.253 e. The monoisotopic (exact) mass is 271 g/mol. The van der Waals surface area contributed by atoms with Crippen LogP contribution in [0, 0.1) is 6.92 Å². The molecule has 0 aromatic heterocycles. The van der Waals surface area contributed by atoms with E-state index < -0.39 is 0 Å². The maximum atomic E-state index is 12.1. The minimum atomic E-state index is -0.215. The molecular weight excluding hydrogens is 257 g/mol. The molecule has 1 fully saturated rings. The average Bonchev–Trinajstić information content (AvgIpc) is 2.23. The number of aryl methyl sites for hydroxylation is 1. The molecule has 0 spiro atoms. The maximum Gasteiger partial charge on any atom is 0.253 e. The molecule has 0 radical (unpaired) electrons. The van der Waals surface area contributed by atoms with Crippen LogP contribution in [0.1, 0.15) is 35.2 Å². The standard InChI is InChI=1S/C13H15Cl2NO/c1-9-3-4-10(11(15)7-9)12(17)16-13(8-14)5-2-6-13/h3-4,7H,2,5-6,8H2,1H3,(H,16,17). The molecule has 92 valence electrons. The Morgan fingerprint density at radius 1 is 1.47 bits per heavy atom. The van der Waals surface area contributed by atoms with Gasteiger partial charge in [-0.1, -0.05) is 17.7 Å². The molecule has 0 saturated heterocycles. The number of benzene rings is 1. The zero-order valence-electron chi connectivity index (χ0n) is 9.72. The first-order chi connectivity index (χ1) is 8.06. The maximum absolute atomic E-state index is 12.1. The minimum Gasteiger partial charge on any atom is -0.345 e. The summed E-state index contributed by atoms with van der Waals surface area (Å²) in [5.74, 6) is 0.331. The molecule has 1 saturated carbocycles. The summed E-state index contributed by atoms with van der Waals surface area (Å²) in [6, 6.07) is 5.44. The summed E-state index contributed by atoms with van der Waals surface area (Å²) in [5.41, 5.74) is 1.35. The molecule has 0 aliphatic heterocycles. The second-order valence-electron chi connectivity index (χ2n) is 4.70. The predicted octanol–water partition coefficient (Wildman–Crippen LogP) is 3.54. The Balaban J connectivity index is 2.14. The molecule has 1 N–H and O–H groups in total. The fourth-order valence-corrected chi connectivity index (χ4v) is 2.66. The number of hydrogen-bond acceptors (Lipinski definition) is 1. The highest BCUT2D eigenvalue weighted by atomic mass is 35.5. The number of carbonyl (C=O) groups is 1. The van der Waals surface area contributed by atoms with E-state index in [9.17, 15) is 4.79 Å². The minimum absolute atomic E-state index is 0.129. The van der Waals surface area contributed by atoms with Crippen LogP contribution in [0.15, 0.2) is 18.2 Å². The lowest BCUT2D eigenvalue weighted by molar-refractivity contribution is 0.0854. The molecular formula is C13H15Cl2NO. The summed E-state index contributed by atoms with van der Waals surface area (Å²) < 4.78 is 0. The number of nitrogens with one attached hydrogen (secondary N) is 1. The summed E-state index contributed by atoms with van der Waals surface area (Å²) in [6.45, 7) is 1.94. The van der Waals surface area contributed by atoms with Crippen molar-refractivity contribution in [2.24, 2.45) is 0 Å². The fourth-order valence-electron chi connectivity index (χ4n) is 2.01. The zero-order valence-corrected chi connectivity index (χ0v) is 11.2. The number of hydrogen-bond donors (Lipinski definition) is 1. The van der Waals surface area contributed by atoms with Crippen LogP contribution in [0.3, 0.4) is 0 Å². The lowest BCUT2D eigenvalue weighted by atomic mass is 9.78. The quantitative estimate of drug-likeness (QED) is 0.838. The van der Waals surface area contributed by atoms with E-state index >= 15 is 0 Å². The summed E-state index contributed by atoms with van der Waals surface area (Å²) >= 11 is 12.0.